The van der Waals surface area contributed by atoms with E-state index in [0.717, 1.165) is 0 Å². The Balaban J connectivity index is 0. The fraction of sp³-hybridized carbons (Fsp3) is 0.500. The van der Waals surface area contributed by atoms with Gasteiger partial charge in [-0.2, -0.15) is 0 Å². The Morgan fingerprint density at radius 3 is 2.00 bits per heavy atom. The Morgan fingerprint density at radius 1 is 1.83 bits per heavy atom. The van der Waals surface area contributed by atoms with E-state index in [-0.39, 0.29) is 23.0 Å². The molecule has 6 heavy (non-hydrogen) atoms. The zero-order valence-electron chi connectivity index (χ0n) is 2.96. The minimum absolute atomic E-state index is 0. The van der Waals surface area contributed by atoms with Crippen molar-refractivity contribution in [2.75, 3.05) is 6.54 Å². The number of nitrogens with two attached hydrogens (primary N) is 1. The molecule has 40 valence electrons. The second kappa shape index (κ2) is 4.92. The van der Waals surface area contributed by atoms with Crippen molar-refractivity contribution < 1.29 is 26.4 Å². The van der Waals surface area contributed by atoms with Gasteiger partial charge >= 0.3 is 5.97 Å². The maximum Gasteiger partial charge on any atom is 0.317 e. The number of rotatable bonds is 1. The van der Waals surface area contributed by atoms with E-state index in [1.807, 2.05) is 0 Å². The molecule has 0 atom stereocenters. The number of carboxylic acid groups (broad SMARTS) is 1. The van der Waals surface area contributed by atoms with Gasteiger partial charge in [0.25, 0.3) is 0 Å². The summed E-state index contributed by atoms with van der Waals surface area (Å²) in [6.45, 7) is -0.278. The summed E-state index contributed by atoms with van der Waals surface area (Å²) in [5.41, 5.74) is 4.57. The molecule has 3 nitrogen and oxygen atoms in total. The van der Waals surface area contributed by atoms with Crippen LogP contribution in [-0.4, -0.2) is 17.6 Å². The molecular formula is C2H5NNiO2. The molecule has 4 heteroatoms. The van der Waals surface area contributed by atoms with Crippen molar-refractivity contribution in [3.63, 3.8) is 0 Å². The first-order valence-electron chi connectivity index (χ1n) is 1.19. The van der Waals surface area contributed by atoms with Gasteiger partial charge in [0, 0.05) is 16.5 Å². The average molecular weight is 134 g/mol. The minimum Gasteiger partial charge on any atom is -0.480 e. The van der Waals surface area contributed by atoms with E-state index < -0.39 is 5.97 Å². The van der Waals surface area contributed by atoms with Crippen molar-refractivity contribution in [3.8, 4) is 0 Å². The molecule has 0 rings (SSSR count). The van der Waals surface area contributed by atoms with Crippen LogP contribution in [0.3, 0.4) is 0 Å². The van der Waals surface area contributed by atoms with Crippen molar-refractivity contribution >= 4 is 5.97 Å². The minimum atomic E-state index is -0.968. The predicted molar refractivity (Wildman–Crippen MR) is 16.7 cm³/mol. The molecule has 0 aliphatic carbocycles. The van der Waals surface area contributed by atoms with Crippen LogP contribution >= 0.6 is 0 Å². The van der Waals surface area contributed by atoms with Gasteiger partial charge < -0.3 is 10.8 Å². The van der Waals surface area contributed by atoms with Gasteiger partial charge in [-0.05, 0) is 0 Å². The fourth-order valence-electron chi connectivity index (χ4n) is 0. The van der Waals surface area contributed by atoms with Crippen molar-refractivity contribution in [1.29, 1.82) is 0 Å². The second-order valence-electron chi connectivity index (χ2n) is 0.598. The fourth-order valence-corrected chi connectivity index (χ4v) is 0. The Morgan fingerprint density at radius 2 is 2.00 bits per heavy atom. The normalized spacial score (nSPS) is 6.17. The summed E-state index contributed by atoms with van der Waals surface area (Å²) >= 11 is 0. The third-order valence-corrected chi connectivity index (χ3v) is 0.175. The number of hydrogen-bond donors (Lipinski definition) is 2. The molecule has 0 aliphatic heterocycles. The van der Waals surface area contributed by atoms with Crippen LogP contribution < -0.4 is 5.73 Å². The molecule has 0 bridgehead atoms. The maximum atomic E-state index is 9.24. The SMILES string of the molecule is NCC(=O)O.[Ni]. The van der Waals surface area contributed by atoms with Crippen molar-refractivity contribution in [2.45, 2.75) is 0 Å². The van der Waals surface area contributed by atoms with Crippen LogP contribution in [0.25, 0.3) is 0 Å². The smallest absolute Gasteiger partial charge is 0.317 e. The van der Waals surface area contributed by atoms with Crippen LogP contribution in [0.15, 0.2) is 0 Å². The van der Waals surface area contributed by atoms with Gasteiger partial charge in [0.2, 0.25) is 0 Å². The van der Waals surface area contributed by atoms with E-state index in [1.165, 1.54) is 0 Å². The third kappa shape index (κ3) is 9.06. The van der Waals surface area contributed by atoms with E-state index >= 15 is 0 Å². The first-order valence-corrected chi connectivity index (χ1v) is 1.19. The summed E-state index contributed by atoms with van der Waals surface area (Å²) in [5, 5.41) is 7.60. The van der Waals surface area contributed by atoms with Crippen LogP contribution in [0.1, 0.15) is 0 Å². The topological polar surface area (TPSA) is 63.3 Å². The van der Waals surface area contributed by atoms with Crippen LogP contribution in [0.4, 0.5) is 0 Å². The summed E-state index contributed by atoms with van der Waals surface area (Å²) in [4.78, 5) is 9.24. The molecule has 0 saturated heterocycles. The molecule has 0 aromatic carbocycles. The summed E-state index contributed by atoms with van der Waals surface area (Å²) in [6.07, 6.45) is 0. The van der Waals surface area contributed by atoms with E-state index in [2.05, 4.69) is 5.73 Å². The van der Waals surface area contributed by atoms with Crippen LogP contribution in [0.2, 0.25) is 0 Å². The van der Waals surface area contributed by atoms with Crippen LogP contribution in [0.5, 0.6) is 0 Å². The first-order chi connectivity index (χ1) is 2.27. The Kier molecular flexibility index (Phi) is 7.65. The quantitative estimate of drug-likeness (QED) is 0.453. The maximum absolute atomic E-state index is 9.24. The summed E-state index contributed by atoms with van der Waals surface area (Å²) < 4.78 is 0. The molecule has 0 fully saturated rings. The van der Waals surface area contributed by atoms with E-state index in [4.69, 9.17) is 5.11 Å². The average Bonchev–Trinajstić information content (AvgIpc) is 1.38. The molecule has 0 radical (unpaired) electrons. The van der Waals surface area contributed by atoms with Crippen molar-refractivity contribution in [1.82, 2.24) is 0 Å². The summed E-state index contributed by atoms with van der Waals surface area (Å²) in [7, 11) is 0. The Hall–Kier alpha value is -0.0765. The molecule has 3 N–H and O–H groups in total. The molecule has 0 unspecified atom stereocenters. The Labute approximate surface area is 45.4 Å². The van der Waals surface area contributed by atoms with Crippen molar-refractivity contribution in [3.05, 3.63) is 0 Å². The van der Waals surface area contributed by atoms with Gasteiger partial charge in [-0.15, -0.1) is 0 Å². The van der Waals surface area contributed by atoms with Gasteiger partial charge in [-0.3, -0.25) is 4.79 Å². The van der Waals surface area contributed by atoms with Crippen molar-refractivity contribution in [2.24, 2.45) is 5.73 Å². The summed E-state index contributed by atoms with van der Waals surface area (Å²) in [6, 6.07) is 0. The number of aliphatic carboxylic acids is 1. The monoisotopic (exact) mass is 133 g/mol. The second-order valence-corrected chi connectivity index (χ2v) is 0.598. The van der Waals surface area contributed by atoms with Gasteiger partial charge in [0.15, 0.2) is 0 Å². The number of hydrogen-bond acceptors (Lipinski definition) is 2. The first kappa shape index (κ1) is 9.33. The standard InChI is InChI=1S/C2H5NO2.Ni/c3-1-2(4)5;/h1,3H2,(H,4,5);. The molecule has 0 saturated carbocycles. The van der Waals surface area contributed by atoms with Gasteiger partial charge in [-0.25, -0.2) is 0 Å². The van der Waals surface area contributed by atoms with Gasteiger partial charge in [-0.1, -0.05) is 0 Å². The largest absolute Gasteiger partial charge is 0.480 e. The zero-order valence-corrected chi connectivity index (χ0v) is 3.94. The van der Waals surface area contributed by atoms with E-state index in [1.54, 1.807) is 0 Å². The third-order valence-electron chi connectivity index (χ3n) is 0.175. The van der Waals surface area contributed by atoms with Crippen LogP contribution in [0, 0.1) is 0 Å². The van der Waals surface area contributed by atoms with E-state index in [0.29, 0.717) is 0 Å². The summed E-state index contributed by atoms with van der Waals surface area (Å²) in [5.74, 6) is -0.968. The molecule has 0 heterocycles. The van der Waals surface area contributed by atoms with Crippen LogP contribution in [-0.2, 0) is 21.3 Å². The van der Waals surface area contributed by atoms with Gasteiger partial charge in [0.1, 0.15) is 0 Å². The number of carbonyl (C=O) groups is 1. The zero-order chi connectivity index (χ0) is 4.28. The van der Waals surface area contributed by atoms with E-state index in [9.17, 15) is 4.79 Å². The number of carboxylic acids is 1. The molecule has 0 aromatic heterocycles. The molecule has 0 spiro atoms. The Bertz CT molecular complexity index is 46.8. The molecule has 0 aromatic rings. The molecule has 0 amide bonds. The molecular weight excluding hydrogens is 129 g/mol. The van der Waals surface area contributed by atoms with Gasteiger partial charge in [0.05, 0.1) is 6.54 Å². The molecule has 0 aliphatic rings. The predicted octanol–water partition coefficient (Wildman–Crippen LogP) is -0.973.